The second kappa shape index (κ2) is 4.69. The van der Waals surface area contributed by atoms with E-state index in [0.29, 0.717) is 12.4 Å². The molecule has 0 bridgehead atoms. The largest absolute Gasteiger partial charge is 0.490 e. The second-order valence-electron chi connectivity index (χ2n) is 4.32. The van der Waals surface area contributed by atoms with E-state index >= 15 is 0 Å². The molecule has 2 aromatic carbocycles. The third kappa shape index (κ3) is 2.30. The van der Waals surface area contributed by atoms with Crippen molar-refractivity contribution in [3.8, 4) is 11.5 Å². The Kier molecular flexibility index (Phi) is 2.89. The smallest absolute Gasteiger partial charge is 0.137 e. The molecular weight excluding hydrogens is 231 g/mol. The van der Waals surface area contributed by atoms with Crippen LogP contribution in [-0.2, 0) is 6.42 Å². The molecule has 1 aliphatic heterocycles. The van der Waals surface area contributed by atoms with Crippen LogP contribution in [0.2, 0.25) is 0 Å². The summed E-state index contributed by atoms with van der Waals surface area (Å²) in [6, 6.07) is 14.0. The van der Waals surface area contributed by atoms with Gasteiger partial charge in [-0.1, -0.05) is 18.2 Å². The molecule has 0 N–H and O–H groups in total. The summed E-state index contributed by atoms with van der Waals surface area (Å²) in [6.07, 6.45) is 0.893. The normalized spacial score (nSPS) is 17.1. The molecule has 18 heavy (non-hydrogen) atoms. The van der Waals surface area contributed by atoms with Crippen molar-refractivity contribution < 1.29 is 13.9 Å². The Labute approximate surface area is 105 Å². The Morgan fingerprint density at radius 3 is 2.67 bits per heavy atom. The average Bonchev–Trinajstić information content (AvgIpc) is 2.81. The number of ether oxygens (including phenoxy) is 2. The molecule has 1 heterocycles. The molecule has 0 radical (unpaired) electrons. The number of hydrogen-bond acceptors (Lipinski definition) is 2. The van der Waals surface area contributed by atoms with E-state index in [-0.39, 0.29) is 11.9 Å². The lowest BCUT2D eigenvalue weighted by atomic mass is 10.1. The van der Waals surface area contributed by atoms with Gasteiger partial charge in [-0.25, -0.2) is 4.39 Å². The average molecular weight is 244 g/mol. The van der Waals surface area contributed by atoms with Crippen molar-refractivity contribution in [1.29, 1.82) is 0 Å². The lowest BCUT2D eigenvalue weighted by Crippen LogP contribution is -2.22. The Balaban J connectivity index is 1.58. The predicted octanol–water partition coefficient (Wildman–Crippen LogP) is 3.21. The molecule has 0 aliphatic carbocycles. The van der Waals surface area contributed by atoms with Gasteiger partial charge in [0, 0.05) is 6.42 Å². The molecule has 1 atom stereocenters. The summed E-state index contributed by atoms with van der Waals surface area (Å²) in [5.41, 5.74) is 1.21. The highest BCUT2D eigenvalue weighted by atomic mass is 19.1. The van der Waals surface area contributed by atoms with Gasteiger partial charge in [-0.2, -0.15) is 0 Å². The van der Waals surface area contributed by atoms with E-state index in [9.17, 15) is 4.39 Å². The summed E-state index contributed by atoms with van der Waals surface area (Å²) >= 11 is 0. The molecule has 1 aliphatic rings. The van der Waals surface area contributed by atoms with Crippen LogP contribution in [0.15, 0.2) is 48.5 Å². The molecule has 0 amide bonds. The van der Waals surface area contributed by atoms with Crippen LogP contribution in [0, 0.1) is 5.82 Å². The first kappa shape index (κ1) is 11.1. The van der Waals surface area contributed by atoms with E-state index in [1.807, 2.05) is 18.2 Å². The van der Waals surface area contributed by atoms with Gasteiger partial charge in [0.1, 0.15) is 30.0 Å². The van der Waals surface area contributed by atoms with E-state index in [2.05, 4.69) is 6.07 Å². The molecule has 0 aromatic heterocycles. The molecule has 2 aromatic rings. The first-order valence-electron chi connectivity index (χ1n) is 5.94. The number of hydrogen-bond donors (Lipinski definition) is 0. The lowest BCUT2D eigenvalue weighted by Gasteiger charge is -2.12. The molecular formula is C15H13FO2. The molecule has 3 heteroatoms. The summed E-state index contributed by atoms with van der Waals surface area (Å²) in [6.45, 7) is 0.473. The Morgan fingerprint density at radius 2 is 1.89 bits per heavy atom. The van der Waals surface area contributed by atoms with Crippen LogP contribution in [0.3, 0.4) is 0 Å². The summed E-state index contributed by atoms with van der Waals surface area (Å²) < 4.78 is 24.1. The quantitative estimate of drug-likeness (QED) is 0.825. The van der Waals surface area contributed by atoms with Crippen LogP contribution in [0.25, 0.3) is 0 Å². The molecule has 0 saturated heterocycles. The molecule has 3 rings (SSSR count). The van der Waals surface area contributed by atoms with Gasteiger partial charge in [0.15, 0.2) is 0 Å². The highest BCUT2D eigenvalue weighted by Crippen LogP contribution is 2.28. The van der Waals surface area contributed by atoms with Crippen LogP contribution in [-0.4, -0.2) is 12.7 Å². The van der Waals surface area contributed by atoms with E-state index < -0.39 is 0 Å². The monoisotopic (exact) mass is 244 g/mol. The zero-order valence-electron chi connectivity index (χ0n) is 9.80. The maximum atomic E-state index is 12.7. The minimum Gasteiger partial charge on any atom is -0.490 e. The molecule has 0 spiro atoms. The minimum atomic E-state index is -0.258. The van der Waals surface area contributed by atoms with Crippen LogP contribution in [0.1, 0.15) is 5.56 Å². The Bertz CT molecular complexity index is 511. The predicted molar refractivity (Wildman–Crippen MR) is 66.5 cm³/mol. The van der Waals surface area contributed by atoms with E-state index in [1.54, 1.807) is 12.1 Å². The number of rotatable bonds is 3. The SMILES string of the molecule is Fc1ccc(OCC2Cc3ccccc3O2)cc1. The summed E-state index contributed by atoms with van der Waals surface area (Å²) in [7, 11) is 0. The minimum absolute atomic E-state index is 0.0347. The Hall–Kier alpha value is -2.03. The molecule has 92 valence electrons. The molecule has 2 nitrogen and oxygen atoms in total. The van der Waals surface area contributed by atoms with E-state index in [4.69, 9.17) is 9.47 Å². The fourth-order valence-electron chi connectivity index (χ4n) is 2.07. The van der Waals surface area contributed by atoms with Crippen molar-refractivity contribution in [3.05, 3.63) is 59.9 Å². The van der Waals surface area contributed by atoms with Gasteiger partial charge in [-0.15, -0.1) is 0 Å². The number of benzene rings is 2. The van der Waals surface area contributed by atoms with Crippen molar-refractivity contribution in [3.63, 3.8) is 0 Å². The van der Waals surface area contributed by atoms with Gasteiger partial charge in [0.2, 0.25) is 0 Å². The lowest BCUT2D eigenvalue weighted by molar-refractivity contribution is 0.148. The zero-order valence-corrected chi connectivity index (χ0v) is 9.80. The van der Waals surface area contributed by atoms with Gasteiger partial charge in [-0.3, -0.25) is 0 Å². The molecule has 1 unspecified atom stereocenters. The summed E-state index contributed by atoms with van der Waals surface area (Å²) in [4.78, 5) is 0. The number of para-hydroxylation sites is 1. The Morgan fingerprint density at radius 1 is 1.11 bits per heavy atom. The zero-order chi connectivity index (χ0) is 12.4. The summed E-state index contributed by atoms with van der Waals surface area (Å²) in [5.74, 6) is 1.34. The maximum absolute atomic E-state index is 12.7. The maximum Gasteiger partial charge on any atom is 0.137 e. The first-order chi connectivity index (χ1) is 8.81. The van der Waals surface area contributed by atoms with Crippen molar-refractivity contribution in [2.45, 2.75) is 12.5 Å². The van der Waals surface area contributed by atoms with Gasteiger partial charge in [-0.05, 0) is 35.9 Å². The third-order valence-electron chi connectivity index (χ3n) is 2.96. The van der Waals surface area contributed by atoms with Crippen LogP contribution < -0.4 is 9.47 Å². The first-order valence-corrected chi connectivity index (χ1v) is 5.94. The highest BCUT2D eigenvalue weighted by molar-refractivity contribution is 5.37. The van der Waals surface area contributed by atoms with Crippen molar-refractivity contribution in [1.82, 2.24) is 0 Å². The standard InChI is InChI=1S/C15H13FO2/c16-12-5-7-13(8-6-12)17-10-14-9-11-3-1-2-4-15(11)18-14/h1-8,14H,9-10H2. The van der Waals surface area contributed by atoms with Crippen molar-refractivity contribution >= 4 is 0 Å². The van der Waals surface area contributed by atoms with Crippen LogP contribution in [0.4, 0.5) is 4.39 Å². The van der Waals surface area contributed by atoms with Crippen molar-refractivity contribution in [2.24, 2.45) is 0 Å². The number of fused-ring (bicyclic) bond motifs is 1. The molecule has 0 fully saturated rings. The molecule has 0 saturated carbocycles. The topological polar surface area (TPSA) is 18.5 Å². The second-order valence-corrected chi connectivity index (χ2v) is 4.32. The number of halogens is 1. The fourth-order valence-corrected chi connectivity index (χ4v) is 2.07. The van der Waals surface area contributed by atoms with E-state index in [0.717, 1.165) is 12.2 Å². The van der Waals surface area contributed by atoms with Crippen LogP contribution >= 0.6 is 0 Å². The van der Waals surface area contributed by atoms with Gasteiger partial charge in [0.05, 0.1) is 0 Å². The van der Waals surface area contributed by atoms with Gasteiger partial charge < -0.3 is 9.47 Å². The fraction of sp³-hybridized carbons (Fsp3) is 0.200. The van der Waals surface area contributed by atoms with Crippen LogP contribution in [0.5, 0.6) is 11.5 Å². The summed E-state index contributed by atoms with van der Waals surface area (Å²) in [5, 5.41) is 0. The van der Waals surface area contributed by atoms with Crippen molar-refractivity contribution in [2.75, 3.05) is 6.61 Å². The van der Waals surface area contributed by atoms with Gasteiger partial charge in [0.25, 0.3) is 0 Å². The van der Waals surface area contributed by atoms with E-state index in [1.165, 1.54) is 17.7 Å². The highest BCUT2D eigenvalue weighted by Gasteiger charge is 2.22. The van der Waals surface area contributed by atoms with Gasteiger partial charge >= 0.3 is 0 Å². The third-order valence-corrected chi connectivity index (χ3v) is 2.96.